The molecule has 0 spiro atoms. The Kier molecular flexibility index (Phi) is 6.35. The van der Waals surface area contributed by atoms with Crippen molar-refractivity contribution < 1.29 is 19.1 Å². The lowest BCUT2D eigenvalue weighted by Crippen LogP contribution is -2.45. The molecular formula is C20H32N2O4. The number of carbonyl (C=O) groups is 2. The highest BCUT2D eigenvalue weighted by molar-refractivity contribution is 5.80. The van der Waals surface area contributed by atoms with Gasteiger partial charge in [-0.1, -0.05) is 6.08 Å². The Labute approximate surface area is 156 Å². The molecule has 2 atom stereocenters. The highest BCUT2D eigenvalue weighted by atomic mass is 16.5. The van der Waals surface area contributed by atoms with Crippen LogP contribution in [0.15, 0.2) is 12.7 Å². The van der Waals surface area contributed by atoms with Gasteiger partial charge in [0.25, 0.3) is 0 Å². The van der Waals surface area contributed by atoms with Crippen molar-refractivity contribution in [2.75, 3.05) is 52.5 Å². The number of rotatable bonds is 5. The normalized spacial score (nSPS) is 30.5. The van der Waals surface area contributed by atoms with E-state index >= 15 is 0 Å². The first kappa shape index (κ1) is 19.4. The molecule has 1 amide bonds. The Morgan fingerprint density at radius 1 is 1.31 bits per heavy atom. The first-order valence-electron chi connectivity index (χ1n) is 9.97. The highest BCUT2D eigenvalue weighted by Crippen LogP contribution is 2.44. The monoisotopic (exact) mass is 364 g/mol. The minimum atomic E-state index is -0.482. The van der Waals surface area contributed by atoms with Crippen LogP contribution in [0.25, 0.3) is 0 Å². The average molecular weight is 364 g/mol. The minimum Gasteiger partial charge on any atom is -0.466 e. The quantitative estimate of drug-likeness (QED) is 0.549. The minimum absolute atomic E-state index is 0.0736. The third-order valence-corrected chi connectivity index (χ3v) is 6.21. The molecule has 0 saturated carbocycles. The molecule has 0 aromatic heterocycles. The van der Waals surface area contributed by atoms with Gasteiger partial charge in [-0.15, -0.1) is 6.58 Å². The number of esters is 1. The molecule has 3 rings (SSSR count). The Bertz CT molecular complexity index is 532. The van der Waals surface area contributed by atoms with Crippen molar-refractivity contribution in [2.24, 2.45) is 17.3 Å². The Hall–Kier alpha value is -1.40. The van der Waals surface area contributed by atoms with Crippen molar-refractivity contribution >= 4 is 11.9 Å². The Morgan fingerprint density at radius 2 is 2.08 bits per heavy atom. The van der Waals surface area contributed by atoms with Gasteiger partial charge in [0.15, 0.2) is 0 Å². The van der Waals surface area contributed by atoms with Gasteiger partial charge in [-0.3, -0.25) is 14.5 Å². The van der Waals surface area contributed by atoms with Crippen LogP contribution in [0.4, 0.5) is 0 Å². The molecule has 0 N–H and O–H groups in total. The van der Waals surface area contributed by atoms with Crippen molar-refractivity contribution in [3.05, 3.63) is 12.7 Å². The summed E-state index contributed by atoms with van der Waals surface area (Å²) in [6.07, 6.45) is 5.15. The summed E-state index contributed by atoms with van der Waals surface area (Å²) in [5.41, 5.74) is -0.482. The lowest BCUT2D eigenvalue weighted by atomic mass is 9.75. The van der Waals surface area contributed by atoms with Gasteiger partial charge in [0.1, 0.15) is 0 Å². The van der Waals surface area contributed by atoms with Crippen molar-refractivity contribution in [3.63, 3.8) is 0 Å². The molecule has 3 aliphatic rings. The number of likely N-dealkylation sites (tertiary alicyclic amines) is 2. The highest BCUT2D eigenvalue weighted by Gasteiger charge is 2.54. The molecule has 6 nitrogen and oxygen atoms in total. The number of carbonyl (C=O) groups excluding carboxylic acids is 2. The van der Waals surface area contributed by atoms with Crippen LogP contribution in [0, 0.1) is 17.3 Å². The van der Waals surface area contributed by atoms with E-state index in [4.69, 9.17) is 9.47 Å². The summed E-state index contributed by atoms with van der Waals surface area (Å²) in [6.45, 7) is 11.1. The van der Waals surface area contributed by atoms with Crippen molar-refractivity contribution in [2.45, 2.75) is 32.6 Å². The molecule has 6 heteroatoms. The van der Waals surface area contributed by atoms with Gasteiger partial charge in [0.05, 0.1) is 12.0 Å². The van der Waals surface area contributed by atoms with Gasteiger partial charge in [-0.05, 0) is 32.6 Å². The second-order valence-electron chi connectivity index (χ2n) is 7.83. The molecule has 146 valence electrons. The second-order valence-corrected chi connectivity index (χ2v) is 7.83. The zero-order valence-corrected chi connectivity index (χ0v) is 16.0. The van der Waals surface area contributed by atoms with E-state index in [0.29, 0.717) is 32.9 Å². The maximum absolute atomic E-state index is 13.0. The van der Waals surface area contributed by atoms with Gasteiger partial charge in [0, 0.05) is 57.8 Å². The van der Waals surface area contributed by atoms with E-state index in [0.717, 1.165) is 45.3 Å². The molecule has 3 heterocycles. The van der Waals surface area contributed by atoms with Gasteiger partial charge < -0.3 is 14.4 Å². The molecule has 3 aliphatic heterocycles. The number of nitrogens with zero attached hydrogens (tertiary/aromatic N) is 2. The van der Waals surface area contributed by atoms with Gasteiger partial charge >= 0.3 is 5.97 Å². The predicted molar refractivity (Wildman–Crippen MR) is 98.6 cm³/mol. The number of fused-ring (bicyclic) bond motifs is 1. The number of ether oxygens (including phenoxy) is 2. The van der Waals surface area contributed by atoms with Crippen LogP contribution < -0.4 is 0 Å². The first-order valence-corrected chi connectivity index (χ1v) is 9.97. The molecule has 0 aromatic rings. The standard InChI is InChI=1S/C20H32N2O4/c1-3-9-21-13-17-14-22(18(23)16-6-11-25-12-7-16)10-5-8-20(17,15-21)19(24)26-4-2/h3,16-17H,1,4-15H2,2H3/t17-,20+/m1/s1. The fraction of sp³-hybridized carbons (Fsp3) is 0.800. The van der Waals surface area contributed by atoms with Gasteiger partial charge in [-0.25, -0.2) is 0 Å². The number of amides is 1. The summed E-state index contributed by atoms with van der Waals surface area (Å²) in [5, 5.41) is 0. The molecule has 0 radical (unpaired) electrons. The van der Waals surface area contributed by atoms with Crippen LogP contribution in [0.5, 0.6) is 0 Å². The summed E-state index contributed by atoms with van der Waals surface area (Å²) >= 11 is 0. The predicted octanol–water partition coefficient (Wildman–Crippen LogP) is 1.70. The summed E-state index contributed by atoms with van der Waals surface area (Å²) in [5.74, 6) is 0.365. The van der Waals surface area contributed by atoms with Crippen LogP contribution in [-0.4, -0.2) is 74.2 Å². The number of hydrogen-bond acceptors (Lipinski definition) is 5. The molecule has 3 fully saturated rings. The van der Waals surface area contributed by atoms with E-state index in [9.17, 15) is 9.59 Å². The zero-order chi connectivity index (χ0) is 18.6. The molecule has 26 heavy (non-hydrogen) atoms. The summed E-state index contributed by atoms with van der Waals surface area (Å²) in [6, 6.07) is 0. The van der Waals surface area contributed by atoms with Crippen LogP contribution in [0.1, 0.15) is 32.6 Å². The molecule has 0 bridgehead atoms. The average Bonchev–Trinajstić information content (AvgIpc) is 2.89. The molecule has 0 aliphatic carbocycles. The topological polar surface area (TPSA) is 59.1 Å². The smallest absolute Gasteiger partial charge is 0.313 e. The third-order valence-electron chi connectivity index (χ3n) is 6.21. The van der Waals surface area contributed by atoms with Crippen LogP contribution in [0.3, 0.4) is 0 Å². The Morgan fingerprint density at radius 3 is 2.77 bits per heavy atom. The van der Waals surface area contributed by atoms with Crippen molar-refractivity contribution in [1.29, 1.82) is 0 Å². The fourth-order valence-electron chi connectivity index (χ4n) is 4.87. The summed E-state index contributed by atoms with van der Waals surface area (Å²) in [4.78, 5) is 30.2. The van der Waals surface area contributed by atoms with Gasteiger partial charge in [-0.2, -0.15) is 0 Å². The van der Waals surface area contributed by atoms with Crippen LogP contribution in [0.2, 0.25) is 0 Å². The maximum atomic E-state index is 13.0. The molecule has 3 saturated heterocycles. The molecule has 0 aromatic carbocycles. The van der Waals surface area contributed by atoms with Crippen LogP contribution in [-0.2, 0) is 19.1 Å². The number of hydrogen-bond donors (Lipinski definition) is 0. The van der Waals surface area contributed by atoms with Gasteiger partial charge in [0.2, 0.25) is 5.91 Å². The zero-order valence-electron chi connectivity index (χ0n) is 16.0. The van der Waals surface area contributed by atoms with Crippen molar-refractivity contribution in [3.8, 4) is 0 Å². The van der Waals surface area contributed by atoms with E-state index in [2.05, 4.69) is 11.5 Å². The molecule has 0 unspecified atom stereocenters. The van der Waals surface area contributed by atoms with E-state index in [1.165, 1.54) is 0 Å². The van der Waals surface area contributed by atoms with Crippen LogP contribution >= 0.6 is 0 Å². The SMILES string of the molecule is C=CCN1C[C@@H]2CN(C(=O)C3CCOCC3)CCC[C@]2(C(=O)OCC)C1. The lowest BCUT2D eigenvalue weighted by Gasteiger charge is -2.33. The van der Waals surface area contributed by atoms with Crippen molar-refractivity contribution in [1.82, 2.24) is 9.80 Å². The largest absolute Gasteiger partial charge is 0.466 e. The third kappa shape index (κ3) is 3.81. The fourth-order valence-corrected chi connectivity index (χ4v) is 4.87. The van der Waals surface area contributed by atoms with E-state index in [1.54, 1.807) is 0 Å². The molecular weight excluding hydrogens is 332 g/mol. The summed E-state index contributed by atoms with van der Waals surface area (Å²) < 4.78 is 10.9. The van der Waals surface area contributed by atoms with E-state index < -0.39 is 5.41 Å². The second kappa shape index (κ2) is 8.53. The first-order chi connectivity index (χ1) is 12.6. The maximum Gasteiger partial charge on any atom is 0.313 e. The Balaban J connectivity index is 1.76. The van der Waals surface area contributed by atoms with E-state index in [-0.39, 0.29) is 23.7 Å². The summed E-state index contributed by atoms with van der Waals surface area (Å²) in [7, 11) is 0. The van der Waals surface area contributed by atoms with E-state index in [1.807, 2.05) is 17.9 Å². The lowest BCUT2D eigenvalue weighted by molar-refractivity contribution is -0.158.